The molecule has 2 atom stereocenters. The summed E-state index contributed by atoms with van der Waals surface area (Å²) in [6, 6.07) is 0. The van der Waals surface area contributed by atoms with E-state index in [4.69, 9.17) is 13.8 Å². The predicted molar refractivity (Wildman–Crippen MR) is 178 cm³/mol. The molecule has 0 aliphatic rings. The first kappa shape index (κ1) is 42.0. The molecule has 0 spiro atoms. The zero-order chi connectivity index (χ0) is 32.6. The number of carbonyl (C=O) groups excluding carboxylic acids is 2. The zero-order valence-electron chi connectivity index (χ0n) is 27.3. The summed E-state index contributed by atoms with van der Waals surface area (Å²) in [6.07, 6.45) is 32.5. The van der Waals surface area contributed by atoms with E-state index < -0.39 is 26.5 Å². The Morgan fingerprint density at radius 2 is 1.23 bits per heavy atom. The van der Waals surface area contributed by atoms with E-state index in [1.165, 1.54) is 25.7 Å². The largest absolute Gasteiger partial charge is 0.472 e. The summed E-state index contributed by atoms with van der Waals surface area (Å²) < 4.78 is 26.4. The van der Waals surface area contributed by atoms with Crippen molar-refractivity contribution >= 4 is 19.7 Å². The number of nitrogens with one attached hydrogen (secondary N) is 1. The number of amides is 1. The second kappa shape index (κ2) is 31.0. The van der Waals surface area contributed by atoms with Crippen LogP contribution in [0.3, 0.4) is 0 Å². The third-order valence-electron chi connectivity index (χ3n) is 6.51. The smallest absolute Gasteiger partial charge is 0.463 e. The van der Waals surface area contributed by atoms with Gasteiger partial charge in [0, 0.05) is 19.4 Å². The number of aliphatic hydroxyl groups excluding tert-OH is 1. The molecule has 2 unspecified atom stereocenters. The van der Waals surface area contributed by atoms with E-state index in [9.17, 15) is 24.2 Å². The van der Waals surface area contributed by atoms with Crippen molar-refractivity contribution in [3.63, 3.8) is 0 Å². The van der Waals surface area contributed by atoms with Crippen LogP contribution in [0.5, 0.6) is 0 Å². The molecule has 0 aliphatic carbocycles. The van der Waals surface area contributed by atoms with Crippen LogP contribution in [0.15, 0.2) is 48.6 Å². The van der Waals surface area contributed by atoms with Crippen molar-refractivity contribution in [2.24, 2.45) is 0 Å². The number of phosphoric acid groups is 1. The van der Waals surface area contributed by atoms with Crippen molar-refractivity contribution < 1.29 is 37.9 Å². The summed E-state index contributed by atoms with van der Waals surface area (Å²) in [4.78, 5) is 33.3. The van der Waals surface area contributed by atoms with Crippen LogP contribution in [-0.4, -0.2) is 54.3 Å². The first-order chi connectivity index (χ1) is 21.3. The summed E-state index contributed by atoms with van der Waals surface area (Å²) in [5.74, 6) is -0.572. The number of carbonyl (C=O) groups is 2. The van der Waals surface area contributed by atoms with E-state index in [-0.39, 0.29) is 32.1 Å². The number of aliphatic hydroxyl groups is 1. The van der Waals surface area contributed by atoms with Crippen molar-refractivity contribution in [2.75, 3.05) is 26.4 Å². The molecule has 10 heteroatoms. The van der Waals surface area contributed by atoms with E-state index in [1.807, 2.05) is 0 Å². The third kappa shape index (κ3) is 31.4. The summed E-state index contributed by atoms with van der Waals surface area (Å²) in [5, 5.41) is 12.5. The van der Waals surface area contributed by atoms with E-state index in [2.05, 4.69) is 67.8 Å². The zero-order valence-corrected chi connectivity index (χ0v) is 28.2. The number of hydrogen-bond donors (Lipinski definition) is 3. The van der Waals surface area contributed by atoms with Crippen LogP contribution in [0.1, 0.15) is 123 Å². The van der Waals surface area contributed by atoms with Crippen LogP contribution in [-0.2, 0) is 27.9 Å². The standard InChI is InChI=1S/C34H60NO8P/c1-3-5-7-9-10-11-12-13-14-15-16-17-18-19-20-21-22-23-24-26-33(37)35-28-29-42-44(39,40)43-31-32(36)30-41-34(38)27-25-8-6-4-2/h10-11,13-14,16-17,19-20,32,36H,3-9,12,15,18,21-31H2,1-2H3,(H,35,37)(H,39,40)/b11-10-,14-13-,17-16-,20-19-. The molecule has 0 aliphatic heterocycles. The molecule has 254 valence electrons. The highest BCUT2D eigenvalue weighted by Crippen LogP contribution is 2.42. The SMILES string of the molecule is CCCCC/C=C\C/C=C\C/C=C\C/C=C\CCCCCC(=O)NCCOP(=O)(O)OCC(O)COC(=O)CCCCCC. The summed E-state index contributed by atoms with van der Waals surface area (Å²) in [7, 11) is -4.40. The molecule has 0 bridgehead atoms. The maximum Gasteiger partial charge on any atom is 0.472 e. The normalized spacial score (nSPS) is 14.2. The molecule has 0 fully saturated rings. The Hall–Kier alpha value is -2.03. The Morgan fingerprint density at radius 1 is 0.705 bits per heavy atom. The van der Waals surface area contributed by atoms with Crippen molar-refractivity contribution in [1.82, 2.24) is 5.32 Å². The molecule has 1 amide bonds. The average Bonchev–Trinajstić information content (AvgIpc) is 3.00. The predicted octanol–water partition coefficient (Wildman–Crippen LogP) is 8.04. The van der Waals surface area contributed by atoms with Gasteiger partial charge in [-0.3, -0.25) is 18.6 Å². The van der Waals surface area contributed by atoms with Gasteiger partial charge in [-0.1, -0.05) is 101 Å². The van der Waals surface area contributed by atoms with Crippen LogP contribution < -0.4 is 5.32 Å². The van der Waals surface area contributed by atoms with Gasteiger partial charge in [0.2, 0.25) is 5.91 Å². The highest BCUT2D eigenvalue weighted by atomic mass is 31.2. The fourth-order valence-electron chi connectivity index (χ4n) is 3.95. The Kier molecular flexibility index (Phi) is 29.5. The monoisotopic (exact) mass is 641 g/mol. The maximum absolute atomic E-state index is 12.0. The van der Waals surface area contributed by atoms with Crippen LogP contribution in [0.4, 0.5) is 0 Å². The Bertz CT molecular complexity index is 871. The van der Waals surface area contributed by atoms with Gasteiger partial charge in [0.15, 0.2) is 0 Å². The van der Waals surface area contributed by atoms with Gasteiger partial charge >= 0.3 is 13.8 Å². The number of unbranched alkanes of at least 4 members (excludes halogenated alkanes) is 9. The minimum absolute atomic E-state index is 0.0627. The lowest BCUT2D eigenvalue weighted by Crippen LogP contribution is -2.27. The first-order valence-corrected chi connectivity index (χ1v) is 18.1. The number of esters is 1. The molecular weight excluding hydrogens is 581 g/mol. The van der Waals surface area contributed by atoms with Gasteiger partial charge in [0.05, 0.1) is 13.2 Å². The minimum atomic E-state index is -4.40. The molecule has 0 aromatic carbocycles. The highest BCUT2D eigenvalue weighted by molar-refractivity contribution is 7.47. The van der Waals surface area contributed by atoms with Gasteiger partial charge in [-0.15, -0.1) is 0 Å². The van der Waals surface area contributed by atoms with Gasteiger partial charge < -0.3 is 20.1 Å². The molecule has 0 heterocycles. The molecule has 0 aromatic rings. The summed E-state index contributed by atoms with van der Waals surface area (Å²) in [5.41, 5.74) is 0. The molecule has 0 saturated carbocycles. The van der Waals surface area contributed by atoms with Crippen molar-refractivity contribution in [2.45, 2.75) is 129 Å². The fraction of sp³-hybridized carbons (Fsp3) is 0.706. The number of rotatable bonds is 30. The Labute approximate surface area is 266 Å². The second-order valence-corrected chi connectivity index (χ2v) is 12.2. The number of phosphoric ester groups is 1. The molecule has 0 saturated heterocycles. The van der Waals surface area contributed by atoms with Crippen LogP contribution in [0, 0.1) is 0 Å². The molecule has 0 aromatic heterocycles. The van der Waals surface area contributed by atoms with Gasteiger partial charge in [0.25, 0.3) is 0 Å². The lowest BCUT2D eigenvalue weighted by atomic mass is 10.1. The van der Waals surface area contributed by atoms with Crippen LogP contribution >= 0.6 is 7.82 Å². The van der Waals surface area contributed by atoms with Gasteiger partial charge in [-0.25, -0.2) is 4.57 Å². The average molecular weight is 642 g/mol. The Morgan fingerprint density at radius 3 is 1.84 bits per heavy atom. The van der Waals surface area contributed by atoms with E-state index >= 15 is 0 Å². The minimum Gasteiger partial charge on any atom is -0.463 e. The van der Waals surface area contributed by atoms with E-state index in [1.54, 1.807) is 0 Å². The molecule has 0 radical (unpaired) electrons. The van der Waals surface area contributed by atoms with Gasteiger partial charge in [0.1, 0.15) is 12.7 Å². The molecule has 9 nitrogen and oxygen atoms in total. The quantitative estimate of drug-likeness (QED) is 0.0311. The van der Waals surface area contributed by atoms with Crippen molar-refractivity contribution in [1.29, 1.82) is 0 Å². The second-order valence-electron chi connectivity index (χ2n) is 10.8. The fourth-order valence-corrected chi connectivity index (χ4v) is 4.71. The number of ether oxygens (including phenoxy) is 1. The van der Waals surface area contributed by atoms with E-state index in [0.29, 0.717) is 6.42 Å². The number of allylic oxidation sites excluding steroid dienone is 8. The molecular formula is C34H60NO8P. The maximum atomic E-state index is 12.0. The van der Waals surface area contributed by atoms with E-state index in [0.717, 1.165) is 70.6 Å². The Balaban J connectivity index is 3.69. The van der Waals surface area contributed by atoms with Crippen LogP contribution in [0.25, 0.3) is 0 Å². The molecule has 0 rings (SSSR count). The summed E-state index contributed by atoms with van der Waals surface area (Å²) >= 11 is 0. The van der Waals surface area contributed by atoms with Crippen molar-refractivity contribution in [3.05, 3.63) is 48.6 Å². The topological polar surface area (TPSA) is 131 Å². The highest BCUT2D eigenvalue weighted by Gasteiger charge is 2.23. The lowest BCUT2D eigenvalue weighted by molar-refractivity contribution is -0.147. The summed E-state index contributed by atoms with van der Waals surface area (Å²) in [6.45, 7) is 3.30. The van der Waals surface area contributed by atoms with Gasteiger partial charge in [-0.2, -0.15) is 0 Å². The first-order valence-electron chi connectivity index (χ1n) is 16.6. The van der Waals surface area contributed by atoms with Gasteiger partial charge in [-0.05, 0) is 57.8 Å². The number of hydrogen-bond acceptors (Lipinski definition) is 7. The molecule has 44 heavy (non-hydrogen) atoms. The third-order valence-corrected chi connectivity index (χ3v) is 7.50. The van der Waals surface area contributed by atoms with Crippen LogP contribution in [0.2, 0.25) is 0 Å². The lowest BCUT2D eigenvalue weighted by Gasteiger charge is -2.15. The van der Waals surface area contributed by atoms with Crippen molar-refractivity contribution in [3.8, 4) is 0 Å². The molecule has 3 N–H and O–H groups in total.